The smallest absolute Gasteiger partial charge is 0.186 e. The van der Waals surface area contributed by atoms with Crippen LogP contribution in [0.15, 0.2) is 0 Å². The van der Waals surface area contributed by atoms with Gasteiger partial charge in [-0.05, 0) is 0 Å². The summed E-state index contributed by atoms with van der Waals surface area (Å²) in [6.45, 7) is -1.24. The van der Waals surface area contributed by atoms with E-state index in [1.807, 2.05) is 0 Å². The van der Waals surface area contributed by atoms with Crippen LogP contribution < -0.4 is 0 Å². The van der Waals surface area contributed by atoms with Crippen molar-refractivity contribution < 1.29 is 54.7 Å². The van der Waals surface area contributed by atoms with Gasteiger partial charge in [0.25, 0.3) is 0 Å². The maximum absolute atomic E-state index is 10.2. The Bertz CT molecular complexity index is 380. The fourth-order valence-electron chi connectivity index (χ4n) is 2.82. The van der Waals surface area contributed by atoms with Gasteiger partial charge in [-0.3, -0.25) is 0 Å². The minimum absolute atomic E-state index is 0.589. The molecule has 24 heavy (non-hydrogen) atoms. The highest BCUT2D eigenvalue weighted by molar-refractivity contribution is 4.95. The van der Waals surface area contributed by atoms with Crippen molar-refractivity contribution in [1.82, 2.24) is 0 Å². The van der Waals surface area contributed by atoms with Crippen LogP contribution in [0.3, 0.4) is 0 Å². The molecule has 0 spiro atoms. The minimum atomic E-state index is -1.74. The molecule has 0 aromatic rings. The van der Waals surface area contributed by atoms with Crippen molar-refractivity contribution in [2.24, 2.45) is 0 Å². The average molecular weight is 356 g/mol. The summed E-state index contributed by atoms with van der Waals surface area (Å²) < 4.78 is 20.3. The van der Waals surface area contributed by atoms with E-state index in [-0.39, 0.29) is 0 Å². The fourth-order valence-corrected chi connectivity index (χ4v) is 2.82. The number of aliphatic hydroxyl groups excluding tert-OH is 7. The van der Waals surface area contributed by atoms with Crippen molar-refractivity contribution in [2.75, 3.05) is 20.3 Å². The average Bonchev–Trinajstić information content (AvgIpc) is 2.57. The summed E-state index contributed by atoms with van der Waals surface area (Å²) in [7, 11) is 1.24. The molecule has 10 atom stereocenters. The third kappa shape index (κ3) is 3.71. The summed E-state index contributed by atoms with van der Waals surface area (Å²) >= 11 is 0. The van der Waals surface area contributed by atoms with Gasteiger partial charge in [0.05, 0.1) is 13.2 Å². The lowest BCUT2D eigenvalue weighted by Crippen LogP contribution is -2.65. The van der Waals surface area contributed by atoms with E-state index in [9.17, 15) is 30.6 Å². The van der Waals surface area contributed by atoms with Gasteiger partial charge in [0.15, 0.2) is 12.6 Å². The molecular formula is C13H24O11. The highest BCUT2D eigenvalue weighted by atomic mass is 16.7. The van der Waals surface area contributed by atoms with Crippen molar-refractivity contribution in [3.63, 3.8) is 0 Å². The molecule has 0 radical (unpaired) electrons. The summed E-state index contributed by atoms with van der Waals surface area (Å²) in [4.78, 5) is 0. The largest absolute Gasteiger partial charge is 0.394 e. The first-order chi connectivity index (χ1) is 11.3. The molecule has 2 heterocycles. The molecule has 0 saturated carbocycles. The second-order valence-corrected chi connectivity index (χ2v) is 5.74. The highest BCUT2D eigenvalue weighted by Crippen LogP contribution is 2.29. The van der Waals surface area contributed by atoms with E-state index in [0.29, 0.717) is 0 Å². The Kier molecular flexibility index (Phi) is 6.87. The minimum Gasteiger partial charge on any atom is -0.394 e. The number of ether oxygens (including phenoxy) is 4. The van der Waals surface area contributed by atoms with Crippen LogP contribution in [0.1, 0.15) is 0 Å². The molecule has 2 aliphatic heterocycles. The van der Waals surface area contributed by atoms with Gasteiger partial charge in [-0.2, -0.15) is 0 Å². The van der Waals surface area contributed by atoms with Gasteiger partial charge < -0.3 is 54.7 Å². The predicted molar refractivity (Wildman–Crippen MR) is 73.4 cm³/mol. The lowest BCUT2D eigenvalue weighted by atomic mass is 9.95. The number of rotatable bonds is 5. The standard InChI is InChI=1S/C13H24O11/c1-21-13-9(19)11(7(17)5(3-15)23-13)24-10-6(16)4(2-14)22-12(20)8(10)18/h4-20H,2-3H2,1H3/t4-,5-,6-,7-,8-,9-,10+,11+,12?,13-/m1/s1. The third-order valence-corrected chi connectivity index (χ3v) is 4.21. The van der Waals surface area contributed by atoms with Crippen LogP contribution in [0.4, 0.5) is 0 Å². The monoisotopic (exact) mass is 356 g/mol. The van der Waals surface area contributed by atoms with Gasteiger partial charge >= 0.3 is 0 Å². The number of hydrogen-bond acceptors (Lipinski definition) is 11. The Labute approximate surface area is 137 Å². The zero-order chi connectivity index (χ0) is 18.0. The van der Waals surface area contributed by atoms with Crippen LogP contribution in [-0.2, 0) is 18.9 Å². The summed E-state index contributed by atoms with van der Waals surface area (Å²) in [5.74, 6) is 0. The molecule has 142 valence electrons. The highest BCUT2D eigenvalue weighted by Gasteiger charge is 2.51. The Morgan fingerprint density at radius 3 is 1.75 bits per heavy atom. The maximum atomic E-state index is 10.2. The quantitative estimate of drug-likeness (QED) is 0.251. The third-order valence-electron chi connectivity index (χ3n) is 4.21. The molecule has 2 rings (SSSR count). The van der Waals surface area contributed by atoms with Gasteiger partial charge in [-0.1, -0.05) is 0 Å². The van der Waals surface area contributed by atoms with Gasteiger partial charge in [-0.15, -0.1) is 0 Å². The number of hydrogen-bond donors (Lipinski definition) is 7. The Hall–Kier alpha value is -0.440. The molecule has 0 amide bonds. The molecule has 0 aromatic carbocycles. The van der Waals surface area contributed by atoms with Crippen molar-refractivity contribution in [1.29, 1.82) is 0 Å². The Balaban J connectivity index is 2.18. The molecule has 0 aromatic heterocycles. The summed E-state index contributed by atoms with van der Waals surface area (Å²) in [5, 5.41) is 68.4. The molecule has 7 N–H and O–H groups in total. The van der Waals surface area contributed by atoms with Crippen LogP contribution in [0, 0.1) is 0 Å². The predicted octanol–water partition coefficient (Wildman–Crippen LogP) is -4.74. The molecule has 2 saturated heterocycles. The van der Waals surface area contributed by atoms with Crippen molar-refractivity contribution in [3.8, 4) is 0 Å². The topological polar surface area (TPSA) is 179 Å². The summed E-state index contributed by atoms with van der Waals surface area (Å²) in [6, 6.07) is 0. The number of methoxy groups -OCH3 is 1. The first kappa shape index (κ1) is 19.9. The normalized spacial score (nSPS) is 50.0. The Morgan fingerprint density at radius 2 is 1.25 bits per heavy atom. The molecule has 0 bridgehead atoms. The second kappa shape index (κ2) is 8.29. The Morgan fingerprint density at radius 1 is 0.750 bits per heavy atom. The van der Waals surface area contributed by atoms with Crippen molar-refractivity contribution in [3.05, 3.63) is 0 Å². The molecule has 2 fully saturated rings. The molecule has 11 heteroatoms. The number of aliphatic hydroxyl groups is 7. The first-order valence-electron chi connectivity index (χ1n) is 7.46. The van der Waals surface area contributed by atoms with E-state index in [2.05, 4.69) is 0 Å². The van der Waals surface area contributed by atoms with Gasteiger partial charge in [0, 0.05) is 7.11 Å². The maximum Gasteiger partial charge on any atom is 0.186 e. The van der Waals surface area contributed by atoms with E-state index >= 15 is 0 Å². The summed E-state index contributed by atoms with van der Waals surface area (Å²) in [5.41, 5.74) is 0. The molecular weight excluding hydrogens is 332 g/mol. The molecule has 0 aliphatic carbocycles. The molecule has 11 nitrogen and oxygen atoms in total. The van der Waals surface area contributed by atoms with Crippen LogP contribution in [0.2, 0.25) is 0 Å². The van der Waals surface area contributed by atoms with E-state index in [0.717, 1.165) is 0 Å². The summed E-state index contributed by atoms with van der Waals surface area (Å²) in [6.07, 6.45) is -14.4. The SMILES string of the molecule is CO[C@@H]1O[C@H](CO)[C@@H](O)[C@H](O[C@H]2[C@H](O)[C@@H](CO)OC(O)[C@@H]2O)[C@H]1O. The van der Waals surface area contributed by atoms with Crippen LogP contribution >= 0.6 is 0 Å². The van der Waals surface area contributed by atoms with Crippen molar-refractivity contribution >= 4 is 0 Å². The van der Waals surface area contributed by atoms with Crippen LogP contribution in [0.5, 0.6) is 0 Å². The lowest BCUT2D eigenvalue weighted by molar-refractivity contribution is -0.341. The first-order valence-corrected chi connectivity index (χ1v) is 7.46. The zero-order valence-corrected chi connectivity index (χ0v) is 13.0. The van der Waals surface area contributed by atoms with Gasteiger partial charge in [0.1, 0.15) is 48.8 Å². The second-order valence-electron chi connectivity index (χ2n) is 5.74. The van der Waals surface area contributed by atoms with E-state index in [1.54, 1.807) is 0 Å². The van der Waals surface area contributed by atoms with Gasteiger partial charge in [0.2, 0.25) is 0 Å². The fraction of sp³-hybridized carbons (Fsp3) is 1.00. The van der Waals surface area contributed by atoms with E-state index in [4.69, 9.17) is 24.1 Å². The molecule has 1 unspecified atom stereocenters. The molecule has 2 aliphatic rings. The van der Waals surface area contributed by atoms with E-state index in [1.165, 1.54) is 7.11 Å². The van der Waals surface area contributed by atoms with Crippen LogP contribution in [0.25, 0.3) is 0 Å². The van der Waals surface area contributed by atoms with E-state index < -0.39 is 74.6 Å². The van der Waals surface area contributed by atoms with Crippen molar-refractivity contribution in [2.45, 2.75) is 61.4 Å². The zero-order valence-electron chi connectivity index (χ0n) is 13.0. The lowest BCUT2D eigenvalue weighted by Gasteiger charge is -2.46. The van der Waals surface area contributed by atoms with Gasteiger partial charge in [-0.25, -0.2) is 0 Å². The van der Waals surface area contributed by atoms with Crippen LogP contribution in [-0.4, -0.2) is 117 Å².